The maximum atomic E-state index is 5.49. The maximum absolute atomic E-state index is 5.49. The molecule has 1 aliphatic rings. The van der Waals surface area contributed by atoms with Crippen LogP contribution in [0.1, 0.15) is 39.0 Å². The Bertz CT molecular complexity index is 110. The molecule has 0 bridgehead atoms. The second-order valence-electron chi connectivity index (χ2n) is 3.86. The summed E-state index contributed by atoms with van der Waals surface area (Å²) in [5.74, 6) is 1.03. The lowest BCUT2D eigenvalue weighted by Crippen LogP contribution is -2.29. The molecule has 3 N–H and O–H groups in total. The minimum absolute atomic E-state index is 0.742. The van der Waals surface area contributed by atoms with E-state index in [4.69, 9.17) is 5.73 Å². The lowest BCUT2D eigenvalue weighted by atomic mass is 10.1. The molecule has 1 saturated carbocycles. The lowest BCUT2D eigenvalue weighted by Gasteiger charge is -2.16. The number of hydrogen-bond donors (Lipinski definition) is 2. The van der Waals surface area contributed by atoms with E-state index in [9.17, 15) is 0 Å². The Morgan fingerprint density at radius 3 is 2.75 bits per heavy atom. The summed E-state index contributed by atoms with van der Waals surface area (Å²) in [7, 11) is 0. The molecule has 0 radical (unpaired) electrons. The molecule has 0 aromatic rings. The van der Waals surface area contributed by atoms with Crippen molar-refractivity contribution < 1.29 is 0 Å². The van der Waals surface area contributed by atoms with Crippen LogP contribution in [0.3, 0.4) is 0 Å². The molecule has 0 spiro atoms. The summed E-state index contributed by atoms with van der Waals surface area (Å²) in [6.45, 7) is 4.12. The molecule has 0 amide bonds. The Labute approximate surface area is 75.9 Å². The van der Waals surface area contributed by atoms with Gasteiger partial charge in [-0.1, -0.05) is 19.8 Å². The van der Waals surface area contributed by atoms with Crippen molar-refractivity contribution in [1.29, 1.82) is 0 Å². The van der Waals surface area contributed by atoms with Crippen molar-refractivity contribution in [3.63, 3.8) is 0 Å². The largest absolute Gasteiger partial charge is 0.330 e. The third-order valence-electron chi connectivity index (χ3n) is 2.56. The molecule has 1 unspecified atom stereocenters. The van der Waals surface area contributed by atoms with Crippen molar-refractivity contribution in [2.75, 3.05) is 13.1 Å². The van der Waals surface area contributed by atoms with Crippen LogP contribution >= 0.6 is 0 Å². The van der Waals surface area contributed by atoms with Crippen LogP contribution in [-0.4, -0.2) is 19.1 Å². The van der Waals surface area contributed by atoms with Crippen molar-refractivity contribution in [3.8, 4) is 0 Å². The van der Waals surface area contributed by atoms with Crippen LogP contribution in [-0.2, 0) is 0 Å². The van der Waals surface area contributed by atoms with Gasteiger partial charge in [0.05, 0.1) is 0 Å². The topological polar surface area (TPSA) is 38.0 Å². The van der Waals surface area contributed by atoms with Gasteiger partial charge in [-0.05, 0) is 38.3 Å². The maximum Gasteiger partial charge on any atom is 0.00700 e. The minimum atomic E-state index is 0.742. The van der Waals surface area contributed by atoms with Crippen LogP contribution in [0.25, 0.3) is 0 Å². The molecule has 2 nitrogen and oxygen atoms in total. The molecule has 72 valence electrons. The van der Waals surface area contributed by atoms with E-state index in [0.29, 0.717) is 0 Å². The average Bonchev–Trinajstić information content (AvgIpc) is 2.84. The van der Waals surface area contributed by atoms with Crippen molar-refractivity contribution in [3.05, 3.63) is 0 Å². The van der Waals surface area contributed by atoms with Gasteiger partial charge in [-0.2, -0.15) is 0 Å². The molecule has 0 heterocycles. The zero-order chi connectivity index (χ0) is 8.81. The Hall–Kier alpha value is -0.0800. The molecule has 0 saturated heterocycles. The fraction of sp³-hybridized carbons (Fsp3) is 1.00. The average molecular weight is 170 g/mol. The van der Waals surface area contributed by atoms with Gasteiger partial charge in [0.25, 0.3) is 0 Å². The molecule has 0 aliphatic heterocycles. The fourth-order valence-corrected chi connectivity index (χ4v) is 1.71. The number of nitrogens with two attached hydrogens (primary N) is 1. The summed E-state index contributed by atoms with van der Waals surface area (Å²) in [5, 5.41) is 3.53. The van der Waals surface area contributed by atoms with Gasteiger partial charge in [-0.25, -0.2) is 0 Å². The Kier molecular flexibility index (Phi) is 4.62. The van der Waals surface area contributed by atoms with Gasteiger partial charge < -0.3 is 11.1 Å². The third kappa shape index (κ3) is 4.07. The first kappa shape index (κ1) is 10.0. The number of rotatable bonds is 7. The van der Waals surface area contributed by atoms with E-state index in [0.717, 1.165) is 25.0 Å². The fourth-order valence-electron chi connectivity index (χ4n) is 1.71. The van der Waals surface area contributed by atoms with Crippen molar-refractivity contribution >= 4 is 0 Å². The zero-order valence-electron chi connectivity index (χ0n) is 8.18. The van der Waals surface area contributed by atoms with Crippen LogP contribution in [0.2, 0.25) is 0 Å². The summed E-state index contributed by atoms with van der Waals surface area (Å²) in [5.41, 5.74) is 5.49. The molecule has 0 aromatic heterocycles. The molecule has 1 aliphatic carbocycles. The predicted molar refractivity (Wildman–Crippen MR) is 53.1 cm³/mol. The van der Waals surface area contributed by atoms with E-state index >= 15 is 0 Å². The quantitative estimate of drug-likeness (QED) is 0.607. The molecule has 12 heavy (non-hydrogen) atoms. The predicted octanol–water partition coefficient (Wildman–Crippen LogP) is 1.50. The highest BCUT2D eigenvalue weighted by atomic mass is 14.9. The summed E-state index contributed by atoms with van der Waals surface area (Å²) >= 11 is 0. The standard InChI is InChI=1S/C10H22N2/c1-2-12-10(4-3-7-11)8-9-5-6-9/h9-10,12H,2-8,11H2,1H3. The van der Waals surface area contributed by atoms with E-state index in [1.807, 2.05) is 0 Å². The molecule has 2 heteroatoms. The molecular formula is C10H22N2. The first-order valence-electron chi connectivity index (χ1n) is 5.30. The second-order valence-corrected chi connectivity index (χ2v) is 3.86. The van der Waals surface area contributed by atoms with Gasteiger partial charge in [-0.15, -0.1) is 0 Å². The monoisotopic (exact) mass is 170 g/mol. The highest BCUT2D eigenvalue weighted by Crippen LogP contribution is 2.34. The lowest BCUT2D eigenvalue weighted by molar-refractivity contribution is 0.434. The first-order valence-corrected chi connectivity index (χ1v) is 5.30. The molecule has 0 aromatic carbocycles. The van der Waals surface area contributed by atoms with E-state index < -0.39 is 0 Å². The van der Waals surface area contributed by atoms with Crippen LogP contribution in [0.5, 0.6) is 0 Å². The molecule has 1 rings (SSSR count). The summed E-state index contributed by atoms with van der Waals surface area (Å²) in [4.78, 5) is 0. The van der Waals surface area contributed by atoms with E-state index in [-0.39, 0.29) is 0 Å². The van der Waals surface area contributed by atoms with Gasteiger partial charge in [0.2, 0.25) is 0 Å². The molecule has 1 atom stereocenters. The van der Waals surface area contributed by atoms with E-state index in [2.05, 4.69) is 12.2 Å². The van der Waals surface area contributed by atoms with Crippen LogP contribution in [0, 0.1) is 5.92 Å². The van der Waals surface area contributed by atoms with Gasteiger partial charge in [0.15, 0.2) is 0 Å². The highest BCUT2D eigenvalue weighted by Gasteiger charge is 2.24. The Morgan fingerprint density at radius 2 is 2.25 bits per heavy atom. The number of hydrogen-bond acceptors (Lipinski definition) is 2. The number of nitrogens with one attached hydrogen (secondary N) is 1. The van der Waals surface area contributed by atoms with Crippen molar-refractivity contribution in [2.24, 2.45) is 11.7 Å². The molecular weight excluding hydrogens is 148 g/mol. The van der Waals surface area contributed by atoms with Gasteiger partial charge >= 0.3 is 0 Å². The first-order chi connectivity index (χ1) is 5.86. The van der Waals surface area contributed by atoms with Gasteiger partial charge in [0.1, 0.15) is 0 Å². The van der Waals surface area contributed by atoms with Gasteiger partial charge in [0, 0.05) is 6.04 Å². The Balaban J connectivity index is 2.07. The van der Waals surface area contributed by atoms with Crippen LogP contribution in [0.15, 0.2) is 0 Å². The van der Waals surface area contributed by atoms with Crippen molar-refractivity contribution in [1.82, 2.24) is 5.32 Å². The van der Waals surface area contributed by atoms with Crippen LogP contribution in [0.4, 0.5) is 0 Å². The van der Waals surface area contributed by atoms with Crippen LogP contribution < -0.4 is 11.1 Å². The third-order valence-corrected chi connectivity index (χ3v) is 2.56. The molecule has 1 fully saturated rings. The SMILES string of the molecule is CCNC(CCCN)CC1CC1. The Morgan fingerprint density at radius 1 is 1.50 bits per heavy atom. The minimum Gasteiger partial charge on any atom is -0.330 e. The smallest absolute Gasteiger partial charge is 0.00700 e. The normalized spacial score (nSPS) is 19.5. The highest BCUT2D eigenvalue weighted by molar-refractivity contribution is 4.79. The summed E-state index contributed by atoms with van der Waals surface area (Å²) < 4.78 is 0. The van der Waals surface area contributed by atoms with Crippen molar-refractivity contribution in [2.45, 2.75) is 45.1 Å². The van der Waals surface area contributed by atoms with E-state index in [1.54, 1.807) is 0 Å². The van der Waals surface area contributed by atoms with E-state index in [1.165, 1.54) is 32.1 Å². The second kappa shape index (κ2) is 5.55. The zero-order valence-corrected chi connectivity index (χ0v) is 8.18. The summed E-state index contributed by atoms with van der Waals surface area (Å²) in [6.07, 6.45) is 6.74. The van der Waals surface area contributed by atoms with Gasteiger partial charge in [-0.3, -0.25) is 0 Å². The summed E-state index contributed by atoms with van der Waals surface area (Å²) in [6, 6.07) is 0.742.